The molecule has 0 radical (unpaired) electrons. The van der Waals surface area contributed by atoms with E-state index in [1.165, 1.54) is 27.7 Å². The van der Waals surface area contributed by atoms with Crippen molar-refractivity contribution in [2.24, 2.45) is 7.05 Å². The molecular weight excluding hydrogens is 294 g/mol. The van der Waals surface area contributed by atoms with Gasteiger partial charge in [-0.2, -0.15) is 0 Å². The first-order chi connectivity index (χ1) is 11.6. The van der Waals surface area contributed by atoms with Crippen LogP contribution in [-0.4, -0.2) is 11.2 Å². The molecular formula is C22H27NO. The summed E-state index contributed by atoms with van der Waals surface area (Å²) in [5, 5.41) is 1.40. The molecule has 2 aromatic carbocycles. The van der Waals surface area contributed by atoms with E-state index in [4.69, 9.17) is 4.74 Å². The second-order valence-corrected chi connectivity index (χ2v) is 6.51. The first-order valence-corrected chi connectivity index (χ1v) is 8.93. The van der Waals surface area contributed by atoms with Crippen LogP contribution in [-0.2, 0) is 19.9 Å². The standard InChI is InChI=1S/C22H27NO/c1-5-17-8-7-9-22-21(17)15-19(23(22)4)14-16(3)18-10-12-20(13-11-18)24-6-2/h7-13,15-16H,5-6,14H2,1-4H3. The van der Waals surface area contributed by atoms with Gasteiger partial charge in [-0.3, -0.25) is 0 Å². The molecule has 0 bridgehead atoms. The maximum Gasteiger partial charge on any atom is 0.119 e. The number of benzene rings is 2. The van der Waals surface area contributed by atoms with Crippen molar-refractivity contribution in [1.82, 2.24) is 4.57 Å². The Morgan fingerprint density at radius 1 is 1.04 bits per heavy atom. The van der Waals surface area contributed by atoms with Gasteiger partial charge in [0.15, 0.2) is 0 Å². The Morgan fingerprint density at radius 2 is 1.79 bits per heavy atom. The normalized spacial score (nSPS) is 12.5. The third-order valence-corrected chi connectivity index (χ3v) is 4.93. The van der Waals surface area contributed by atoms with Gasteiger partial charge in [-0.05, 0) is 61.1 Å². The van der Waals surface area contributed by atoms with Crippen LogP contribution < -0.4 is 4.74 Å². The van der Waals surface area contributed by atoms with Crippen molar-refractivity contribution in [3.05, 3.63) is 65.4 Å². The van der Waals surface area contributed by atoms with Crippen LogP contribution in [0.25, 0.3) is 10.9 Å². The predicted molar refractivity (Wildman–Crippen MR) is 102 cm³/mol. The van der Waals surface area contributed by atoms with Gasteiger partial charge in [0.1, 0.15) is 5.75 Å². The summed E-state index contributed by atoms with van der Waals surface area (Å²) in [7, 11) is 2.18. The van der Waals surface area contributed by atoms with E-state index in [9.17, 15) is 0 Å². The van der Waals surface area contributed by atoms with Crippen molar-refractivity contribution >= 4 is 10.9 Å². The lowest BCUT2D eigenvalue weighted by atomic mass is 9.96. The van der Waals surface area contributed by atoms with Crippen LogP contribution in [0.2, 0.25) is 0 Å². The summed E-state index contributed by atoms with van der Waals surface area (Å²) in [6.07, 6.45) is 2.12. The van der Waals surface area contributed by atoms with Gasteiger partial charge in [0, 0.05) is 23.6 Å². The van der Waals surface area contributed by atoms with E-state index >= 15 is 0 Å². The molecule has 1 atom stereocenters. The smallest absolute Gasteiger partial charge is 0.119 e. The average Bonchev–Trinajstić information content (AvgIpc) is 2.92. The summed E-state index contributed by atoms with van der Waals surface area (Å²) in [5.74, 6) is 1.43. The molecule has 0 saturated carbocycles. The minimum atomic E-state index is 0.480. The Bertz CT molecular complexity index is 814. The van der Waals surface area contributed by atoms with Crippen molar-refractivity contribution in [3.8, 4) is 5.75 Å². The highest BCUT2D eigenvalue weighted by Gasteiger charge is 2.13. The third-order valence-electron chi connectivity index (χ3n) is 4.93. The van der Waals surface area contributed by atoms with E-state index in [0.717, 1.165) is 18.6 Å². The molecule has 126 valence electrons. The van der Waals surface area contributed by atoms with Crippen LogP contribution in [0.15, 0.2) is 48.5 Å². The van der Waals surface area contributed by atoms with Crippen LogP contribution >= 0.6 is 0 Å². The van der Waals surface area contributed by atoms with Gasteiger partial charge in [-0.1, -0.05) is 38.1 Å². The van der Waals surface area contributed by atoms with E-state index in [1.807, 2.05) is 6.92 Å². The van der Waals surface area contributed by atoms with Gasteiger partial charge in [-0.15, -0.1) is 0 Å². The summed E-state index contributed by atoms with van der Waals surface area (Å²) >= 11 is 0. The number of hydrogen-bond donors (Lipinski definition) is 0. The average molecular weight is 321 g/mol. The molecule has 0 amide bonds. The molecule has 3 aromatic rings. The number of ether oxygens (including phenoxy) is 1. The predicted octanol–water partition coefficient (Wildman–Crippen LogP) is 5.49. The first kappa shape index (κ1) is 16.6. The van der Waals surface area contributed by atoms with Gasteiger partial charge < -0.3 is 9.30 Å². The zero-order valence-electron chi connectivity index (χ0n) is 15.2. The van der Waals surface area contributed by atoms with Crippen LogP contribution in [0.5, 0.6) is 5.75 Å². The van der Waals surface area contributed by atoms with Crippen LogP contribution in [0.4, 0.5) is 0 Å². The summed E-state index contributed by atoms with van der Waals surface area (Å²) < 4.78 is 7.89. The fourth-order valence-electron chi connectivity index (χ4n) is 3.47. The van der Waals surface area contributed by atoms with Gasteiger partial charge in [0.2, 0.25) is 0 Å². The summed E-state index contributed by atoms with van der Waals surface area (Å²) in [4.78, 5) is 0. The molecule has 1 aromatic heterocycles. The Labute approximate surface area is 145 Å². The maximum atomic E-state index is 5.54. The fraction of sp³-hybridized carbons (Fsp3) is 0.364. The highest BCUT2D eigenvalue weighted by molar-refractivity contribution is 5.84. The lowest BCUT2D eigenvalue weighted by Crippen LogP contribution is -2.03. The fourth-order valence-corrected chi connectivity index (χ4v) is 3.47. The second kappa shape index (κ2) is 7.12. The molecule has 24 heavy (non-hydrogen) atoms. The topological polar surface area (TPSA) is 14.2 Å². The number of nitrogens with zero attached hydrogens (tertiary/aromatic N) is 1. The SMILES string of the molecule is CCOc1ccc(C(C)Cc2cc3c(CC)cccc3n2C)cc1. The van der Waals surface area contributed by atoms with Crippen molar-refractivity contribution in [3.63, 3.8) is 0 Å². The first-order valence-electron chi connectivity index (χ1n) is 8.93. The Morgan fingerprint density at radius 3 is 2.46 bits per heavy atom. The minimum absolute atomic E-state index is 0.480. The Hall–Kier alpha value is -2.22. The molecule has 3 rings (SSSR count). The largest absolute Gasteiger partial charge is 0.494 e. The monoisotopic (exact) mass is 321 g/mol. The van der Waals surface area contributed by atoms with Crippen LogP contribution in [0, 0.1) is 0 Å². The van der Waals surface area contributed by atoms with E-state index in [0.29, 0.717) is 12.5 Å². The summed E-state index contributed by atoms with van der Waals surface area (Å²) in [5.41, 5.74) is 5.53. The Kier molecular flexibility index (Phi) is 4.94. The van der Waals surface area contributed by atoms with Gasteiger partial charge in [-0.25, -0.2) is 0 Å². The molecule has 0 N–H and O–H groups in total. The second-order valence-electron chi connectivity index (χ2n) is 6.51. The third kappa shape index (κ3) is 3.19. The highest BCUT2D eigenvalue weighted by atomic mass is 16.5. The minimum Gasteiger partial charge on any atom is -0.494 e. The van der Waals surface area contributed by atoms with E-state index in [-0.39, 0.29) is 0 Å². The van der Waals surface area contributed by atoms with Crippen molar-refractivity contribution < 1.29 is 4.74 Å². The van der Waals surface area contributed by atoms with Gasteiger partial charge >= 0.3 is 0 Å². The molecule has 0 fully saturated rings. The molecule has 1 heterocycles. The Balaban J connectivity index is 1.85. The maximum absolute atomic E-state index is 5.54. The summed E-state index contributed by atoms with van der Waals surface area (Å²) in [6.45, 7) is 7.25. The van der Waals surface area contributed by atoms with Crippen LogP contribution in [0.1, 0.15) is 43.5 Å². The quantitative estimate of drug-likeness (QED) is 0.586. The number of hydrogen-bond acceptors (Lipinski definition) is 1. The number of fused-ring (bicyclic) bond motifs is 1. The molecule has 0 aliphatic rings. The van der Waals surface area contributed by atoms with E-state index in [2.05, 4.69) is 74.0 Å². The van der Waals surface area contributed by atoms with Crippen LogP contribution in [0.3, 0.4) is 0 Å². The molecule has 1 unspecified atom stereocenters. The number of aryl methyl sites for hydroxylation is 2. The van der Waals surface area contributed by atoms with Gasteiger partial charge in [0.25, 0.3) is 0 Å². The van der Waals surface area contributed by atoms with E-state index in [1.54, 1.807) is 0 Å². The highest BCUT2D eigenvalue weighted by Crippen LogP contribution is 2.28. The molecule has 2 nitrogen and oxygen atoms in total. The van der Waals surface area contributed by atoms with Crippen molar-refractivity contribution in [2.45, 2.75) is 39.5 Å². The molecule has 0 aliphatic carbocycles. The van der Waals surface area contributed by atoms with E-state index < -0.39 is 0 Å². The lowest BCUT2D eigenvalue weighted by molar-refractivity contribution is 0.340. The van der Waals surface area contributed by atoms with Crippen molar-refractivity contribution in [2.75, 3.05) is 6.61 Å². The molecule has 2 heteroatoms. The zero-order valence-corrected chi connectivity index (χ0v) is 15.2. The molecule has 0 saturated heterocycles. The summed E-state index contributed by atoms with van der Waals surface area (Å²) in [6, 6.07) is 17.5. The molecule has 0 spiro atoms. The lowest BCUT2D eigenvalue weighted by Gasteiger charge is -2.13. The van der Waals surface area contributed by atoms with Gasteiger partial charge in [0.05, 0.1) is 6.61 Å². The zero-order chi connectivity index (χ0) is 17.1. The van der Waals surface area contributed by atoms with Crippen molar-refractivity contribution in [1.29, 1.82) is 0 Å². The number of rotatable bonds is 6. The molecule has 0 aliphatic heterocycles. The number of aromatic nitrogens is 1.